The van der Waals surface area contributed by atoms with Gasteiger partial charge in [-0.25, -0.2) is 4.98 Å². The summed E-state index contributed by atoms with van der Waals surface area (Å²) in [5.41, 5.74) is 3.09. The van der Waals surface area contributed by atoms with Gasteiger partial charge in [-0.1, -0.05) is 17.7 Å². The van der Waals surface area contributed by atoms with Crippen LogP contribution in [0.5, 0.6) is 0 Å². The van der Waals surface area contributed by atoms with Crippen molar-refractivity contribution >= 4 is 17.2 Å². The fraction of sp³-hybridized carbons (Fsp3) is 0.444. The molecule has 0 atom stereocenters. The summed E-state index contributed by atoms with van der Waals surface area (Å²) in [5, 5.41) is 1.25. The van der Waals surface area contributed by atoms with E-state index in [9.17, 15) is 4.79 Å². The number of hydrogen-bond acceptors (Lipinski definition) is 3. The van der Waals surface area contributed by atoms with Gasteiger partial charge in [0, 0.05) is 29.4 Å². The second-order valence-electron chi connectivity index (χ2n) is 6.13. The third-order valence-electron chi connectivity index (χ3n) is 4.44. The summed E-state index contributed by atoms with van der Waals surface area (Å²) in [6.07, 6.45) is 2.04. The highest BCUT2D eigenvalue weighted by atomic mass is 32.1. The Balaban J connectivity index is 1.65. The number of carbonyl (C=O) groups excluding carboxylic acids is 1. The van der Waals surface area contributed by atoms with Crippen LogP contribution in [0.15, 0.2) is 24.3 Å². The maximum absolute atomic E-state index is 12.6. The standard InChI is InChI=1S/C18H22N2OS/c1-12-5-4-6-16(11-12)18(21)20-9-7-15(8-10-20)17-19-13(2)14(3)22-17/h4-6,11,15H,7-10H2,1-3H3. The van der Waals surface area contributed by atoms with Crippen LogP contribution in [-0.2, 0) is 0 Å². The number of thiazole rings is 1. The van der Waals surface area contributed by atoms with Crippen LogP contribution in [0.1, 0.15) is 50.3 Å². The first-order valence-corrected chi connectivity index (χ1v) is 8.66. The highest BCUT2D eigenvalue weighted by molar-refractivity contribution is 7.11. The largest absolute Gasteiger partial charge is 0.339 e. The van der Waals surface area contributed by atoms with Crippen molar-refractivity contribution in [1.29, 1.82) is 0 Å². The maximum atomic E-state index is 12.6. The van der Waals surface area contributed by atoms with Crippen LogP contribution in [0.2, 0.25) is 0 Å². The normalized spacial score (nSPS) is 16.0. The van der Waals surface area contributed by atoms with E-state index in [-0.39, 0.29) is 5.91 Å². The Morgan fingerprint density at radius 2 is 1.95 bits per heavy atom. The van der Waals surface area contributed by atoms with Crippen molar-refractivity contribution in [3.05, 3.63) is 51.0 Å². The Morgan fingerprint density at radius 3 is 2.55 bits per heavy atom. The van der Waals surface area contributed by atoms with Crippen LogP contribution >= 0.6 is 11.3 Å². The molecule has 2 heterocycles. The monoisotopic (exact) mass is 314 g/mol. The number of hydrogen-bond donors (Lipinski definition) is 0. The van der Waals surface area contributed by atoms with Crippen molar-refractivity contribution in [3.63, 3.8) is 0 Å². The molecule has 0 N–H and O–H groups in total. The molecule has 4 heteroatoms. The van der Waals surface area contributed by atoms with Crippen molar-refractivity contribution in [2.24, 2.45) is 0 Å². The molecule has 1 aliphatic rings. The number of aryl methyl sites for hydroxylation is 3. The van der Waals surface area contributed by atoms with E-state index in [4.69, 9.17) is 0 Å². The zero-order valence-electron chi connectivity index (χ0n) is 13.4. The van der Waals surface area contributed by atoms with Crippen molar-refractivity contribution in [1.82, 2.24) is 9.88 Å². The van der Waals surface area contributed by atoms with Gasteiger partial charge in [0.25, 0.3) is 5.91 Å². The molecule has 1 aromatic heterocycles. The summed E-state index contributed by atoms with van der Waals surface area (Å²) >= 11 is 1.81. The fourth-order valence-corrected chi connectivity index (χ4v) is 4.05. The molecule has 1 fully saturated rings. The first-order chi connectivity index (χ1) is 10.5. The predicted molar refractivity (Wildman–Crippen MR) is 90.6 cm³/mol. The molecule has 0 unspecified atom stereocenters. The van der Waals surface area contributed by atoms with Gasteiger partial charge in [0.1, 0.15) is 0 Å². The molecule has 1 aliphatic heterocycles. The summed E-state index contributed by atoms with van der Waals surface area (Å²) in [7, 11) is 0. The predicted octanol–water partition coefficient (Wildman–Crippen LogP) is 4.09. The zero-order chi connectivity index (χ0) is 15.7. The molecule has 0 radical (unpaired) electrons. The van der Waals surface area contributed by atoms with Gasteiger partial charge >= 0.3 is 0 Å². The van der Waals surface area contributed by atoms with Crippen molar-refractivity contribution in [2.75, 3.05) is 13.1 Å². The van der Waals surface area contributed by atoms with E-state index in [1.807, 2.05) is 47.4 Å². The summed E-state index contributed by atoms with van der Waals surface area (Å²) in [5.74, 6) is 0.674. The van der Waals surface area contributed by atoms with E-state index in [0.29, 0.717) is 5.92 Å². The zero-order valence-corrected chi connectivity index (χ0v) is 14.2. The van der Waals surface area contributed by atoms with E-state index < -0.39 is 0 Å². The number of piperidine rings is 1. The SMILES string of the molecule is Cc1cccc(C(=O)N2CCC(c3nc(C)c(C)s3)CC2)c1. The van der Waals surface area contributed by atoms with Gasteiger partial charge in [-0.05, 0) is 45.7 Å². The Labute approximate surface area is 136 Å². The molecule has 116 valence electrons. The van der Waals surface area contributed by atoms with E-state index >= 15 is 0 Å². The Morgan fingerprint density at radius 1 is 1.23 bits per heavy atom. The summed E-state index contributed by atoms with van der Waals surface area (Å²) in [6.45, 7) is 7.89. The minimum Gasteiger partial charge on any atom is -0.339 e. The first-order valence-electron chi connectivity index (χ1n) is 7.84. The number of rotatable bonds is 2. The second kappa shape index (κ2) is 6.21. The van der Waals surface area contributed by atoms with Gasteiger partial charge in [0.15, 0.2) is 0 Å². The van der Waals surface area contributed by atoms with Gasteiger partial charge < -0.3 is 4.90 Å². The highest BCUT2D eigenvalue weighted by Gasteiger charge is 2.26. The van der Waals surface area contributed by atoms with E-state index in [2.05, 4.69) is 18.8 Å². The molecule has 1 amide bonds. The summed E-state index contributed by atoms with van der Waals surface area (Å²) in [6, 6.07) is 7.86. The van der Waals surface area contributed by atoms with Crippen molar-refractivity contribution in [2.45, 2.75) is 39.5 Å². The summed E-state index contributed by atoms with van der Waals surface area (Å²) in [4.78, 5) is 20.6. The minimum absolute atomic E-state index is 0.161. The van der Waals surface area contributed by atoms with Crippen LogP contribution in [0.4, 0.5) is 0 Å². The molecule has 1 aromatic carbocycles. The first kappa shape index (κ1) is 15.2. The van der Waals surface area contributed by atoms with Crippen LogP contribution < -0.4 is 0 Å². The molecule has 2 aromatic rings. The maximum Gasteiger partial charge on any atom is 0.253 e. The third kappa shape index (κ3) is 3.07. The molecule has 0 spiro atoms. The topological polar surface area (TPSA) is 33.2 Å². The van der Waals surface area contributed by atoms with Gasteiger partial charge in [-0.3, -0.25) is 4.79 Å². The smallest absolute Gasteiger partial charge is 0.253 e. The minimum atomic E-state index is 0.161. The second-order valence-corrected chi connectivity index (χ2v) is 7.36. The molecule has 3 rings (SSSR count). The number of aromatic nitrogens is 1. The lowest BCUT2D eigenvalue weighted by atomic mass is 9.97. The highest BCUT2D eigenvalue weighted by Crippen LogP contribution is 2.32. The number of carbonyl (C=O) groups is 1. The quantitative estimate of drug-likeness (QED) is 0.836. The molecule has 0 aliphatic carbocycles. The molecule has 0 saturated carbocycles. The molecular formula is C18H22N2OS. The Kier molecular flexibility index (Phi) is 4.30. The average Bonchev–Trinajstić information content (AvgIpc) is 2.86. The number of amides is 1. The van der Waals surface area contributed by atoms with Crippen molar-refractivity contribution < 1.29 is 4.79 Å². The van der Waals surface area contributed by atoms with Gasteiger partial charge in [0.05, 0.1) is 10.7 Å². The lowest BCUT2D eigenvalue weighted by Gasteiger charge is -2.31. The Bertz CT molecular complexity index is 665. The van der Waals surface area contributed by atoms with E-state index in [1.54, 1.807) is 0 Å². The number of nitrogens with zero attached hydrogens (tertiary/aromatic N) is 2. The fourth-order valence-electron chi connectivity index (χ4n) is 2.96. The van der Waals surface area contributed by atoms with Gasteiger partial charge in [0.2, 0.25) is 0 Å². The van der Waals surface area contributed by atoms with Gasteiger partial charge in [-0.15, -0.1) is 11.3 Å². The van der Waals surface area contributed by atoms with Crippen LogP contribution in [0.3, 0.4) is 0 Å². The van der Waals surface area contributed by atoms with Crippen LogP contribution in [0.25, 0.3) is 0 Å². The molecular weight excluding hydrogens is 292 g/mol. The van der Waals surface area contributed by atoms with Crippen molar-refractivity contribution in [3.8, 4) is 0 Å². The number of likely N-dealkylation sites (tertiary alicyclic amines) is 1. The third-order valence-corrected chi connectivity index (χ3v) is 5.68. The molecule has 0 bridgehead atoms. The lowest BCUT2D eigenvalue weighted by Crippen LogP contribution is -2.37. The molecule has 1 saturated heterocycles. The van der Waals surface area contributed by atoms with Crippen LogP contribution in [0, 0.1) is 20.8 Å². The lowest BCUT2D eigenvalue weighted by molar-refractivity contribution is 0.0713. The van der Waals surface area contributed by atoms with Gasteiger partial charge in [-0.2, -0.15) is 0 Å². The average molecular weight is 314 g/mol. The summed E-state index contributed by atoms with van der Waals surface area (Å²) < 4.78 is 0. The van der Waals surface area contributed by atoms with E-state index in [0.717, 1.165) is 42.8 Å². The number of benzene rings is 1. The Hall–Kier alpha value is -1.68. The molecule has 3 nitrogen and oxygen atoms in total. The molecule has 22 heavy (non-hydrogen) atoms. The van der Waals surface area contributed by atoms with E-state index in [1.165, 1.54) is 9.88 Å². The van der Waals surface area contributed by atoms with Crippen LogP contribution in [-0.4, -0.2) is 28.9 Å².